The summed E-state index contributed by atoms with van der Waals surface area (Å²) in [4.78, 5) is 0. The molecule has 2 nitrogen and oxygen atoms in total. The van der Waals surface area contributed by atoms with Crippen molar-refractivity contribution in [2.24, 2.45) is 0 Å². The van der Waals surface area contributed by atoms with E-state index in [4.69, 9.17) is 0 Å². The van der Waals surface area contributed by atoms with Gasteiger partial charge in [-0.3, -0.25) is 0 Å². The van der Waals surface area contributed by atoms with Crippen LogP contribution in [-0.2, 0) is 0 Å². The summed E-state index contributed by atoms with van der Waals surface area (Å²) in [6.45, 7) is 5.51. The molecule has 1 heterocycles. The largest absolute Gasteiger partial charge is 0.623 e. The second-order valence-electron chi connectivity index (χ2n) is 2.76. The highest BCUT2D eigenvalue weighted by Gasteiger charge is 2.19. The average Bonchev–Trinajstić information content (AvgIpc) is 1.95. The Balaban J connectivity index is 2.77. The molecule has 0 aromatic rings. The first-order valence-electron chi connectivity index (χ1n) is 3.67. The molecule has 0 aromatic heterocycles. The van der Waals surface area contributed by atoms with Crippen LogP contribution in [0.2, 0.25) is 0 Å². The summed E-state index contributed by atoms with van der Waals surface area (Å²) in [7, 11) is 0. The molecular weight excluding hydrogens is 126 g/mol. The van der Waals surface area contributed by atoms with E-state index in [1.165, 1.54) is 0 Å². The molecule has 1 aliphatic rings. The number of nitrogens with zero attached hydrogens (tertiary/aromatic N) is 1. The summed E-state index contributed by atoms with van der Waals surface area (Å²) < 4.78 is 1.08. The maximum absolute atomic E-state index is 11.2. The molecule has 0 aromatic carbocycles. The molecule has 1 atom stereocenters. The van der Waals surface area contributed by atoms with Gasteiger partial charge in [0.1, 0.15) is 0 Å². The smallest absolute Gasteiger partial charge is 0.181 e. The quantitative estimate of drug-likeness (QED) is 0.308. The van der Waals surface area contributed by atoms with E-state index < -0.39 is 0 Å². The predicted molar refractivity (Wildman–Crippen MR) is 42.1 cm³/mol. The molecule has 1 rings (SSSR count). The fourth-order valence-electron chi connectivity index (χ4n) is 1.29. The molecule has 10 heavy (non-hydrogen) atoms. The molecule has 1 unspecified atom stereocenters. The number of hydrogen-bond acceptors (Lipinski definition) is 1. The van der Waals surface area contributed by atoms with Gasteiger partial charge in [-0.05, 0) is 12.5 Å². The third-order valence-corrected chi connectivity index (χ3v) is 1.99. The zero-order chi connectivity index (χ0) is 7.56. The lowest BCUT2D eigenvalue weighted by Crippen LogP contribution is -2.28. The Morgan fingerprint density at radius 3 is 3.00 bits per heavy atom. The molecule has 0 saturated heterocycles. The van der Waals surface area contributed by atoms with Crippen molar-refractivity contribution in [3.8, 4) is 0 Å². The van der Waals surface area contributed by atoms with E-state index in [1.807, 2.05) is 6.92 Å². The van der Waals surface area contributed by atoms with E-state index in [1.54, 1.807) is 6.08 Å². The van der Waals surface area contributed by atoms with Gasteiger partial charge in [0.05, 0.1) is 0 Å². The molecule has 0 fully saturated rings. The maximum Gasteiger partial charge on any atom is 0.181 e. The van der Waals surface area contributed by atoms with E-state index in [2.05, 4.69) is 6.58 Å². The normalized spacial score (nSPS) is 26.7. The van der Waals surface area contributed by atoms with Gasteiger partial charge < -0.3 is 5.21 Å². The Morgan fingerprint density at radius 1 is 1.80 bits per heavy atom. The highest BCUT2D eigenvalue weighted by molar-refractivity contribution is 5.77. The lowest BCUT2D eigenvalue weighted by atomic mass is 10.0. The third kappa shape index (κ3) is 1.20. The van der Waals surface area contributed by atoms with Gasteiger partial charge in [-0.25, -0.2) is 4.74 Å². The van der Waals surface area contributed by atoms with Gasteiger partial charge in [0.2, 0.25) is 0 Å². The van der Waals surface area contributed by atoms with Gasteiger partial charge in [0.15, 0.2) is 11.8 Å². The number of rotatable bonds is 1. The predicted octanol–water partition coefficient (Wildman–Crippen LogP) is 1.70. The van der Waals surface area contributed by atoms with Crippen molar-refractivity contribution in [3.05, 3.63) is 17.9 Å². The topological polar surface area (TPSA) is 26.1 Å². The summed E-state index contributed by atoms with van der Waals surface area (Å²) in [6.07, 6.45) is 4.77. The average molecular weight is 139 g/mol. The van der Waals surface area contributed by atoms with Crippen molar-refractivity contribution in [1.82, 2.24) is 0 Å². The molecule has 0 amide bonds. The first-order chi connectivity index (χ1) is 4.75. The van der Waals surface area contributed by atoms with E-state index in [-0.39, 0.29) is 6.04 Å². The van der Waals surface area contributed by atoms with Crippen LogP contribution in [0.5, 0.6) is 0 Å². The van der Waals surface area contributed by atoms with Crippen molar-refractivity contribution in [1.29, 1.82) is 0 Å². The van der Waals surface area contributed by atoms with E-state index >= 15 is 0 Å². The Morgan fingerprint density at radius 2 is 2.50 bits per heavy atom. The van der Waals surface area contributed by atoms with Crippen LogP contribution >= 0.6 is 0 Å². The molecule has 0 aliphatic carbocycles. The van der Waals surface area contributed by atoms with Crippen molar-refractivity contribution in [2.75, 3.05) is 0 Å². The van der Waals surface area contributed by atoms with Gasteiger partial charge in [0.25, 0.3) is 0 Å². The standard InChI is InChI=1S/C8H13NO/c1-3-8-6-4-5-7(2)9(8)10/h3,8H,1,4-6H2,2H3. The van der Waals surface area contributed by atoms with Crippen LogP contribution in [0.1, 0.15) is 26.2 Å². The highest BCUT2D eigenvalue weighted by atomic mass is 16.5. The van der Waals surface area contributed by atoms with Crippen molar-refractivity contribution in [2.45, 2.75) is 32.2 Å². The van der Waals surface area contributed by atoms with Gasteiger partial charge in [-0.15, -0.1) is 0 Å². The Bertz CT molecular complexity index is 172. The summed E-state index contributed by atoms with van der Waals surface area (Å²) in [5.41, 5.74) is 0.941. The van der Waals surface area contributed by atoms with Crippen molar-refractivity contribution in [3.63, 3.8) is 0 Å². The fraction of sp³-hybridized carbons (Fsp3) is 0.625. The molecule has 0 bridgehead atoms. The van der Waals surface area contributed by atoms with Crippen molar-refractivity contribution >= 4 is 5.71 Å². The Labute approximate surface area is 61.5 Å². The summed E-state index contributed by atoms with van der Waals surface area (Å²) in [5.74, 6) is 0. The fourth-order valence-corrected chi connectivity index (χ4v) is 1.29. The lowest BCUT2D eigenvalue weighted by Gasteiger charge is -2.19. The number of hydroxylamine groups is 1. The monoisotopic (exact) mass is 139 g/mol. The van der Waals surface area contributed by atoms with Crippen LogP contribution in [0.25, 0.3) is 0 Å². The molecule has 0 N–H and O–H groups in total. The summed E-state index contributed by atoms with van der Waals surface area (Å²) in [5, 5.41) is 11.2. The second kappa shape index (κ2) is 2.86. The Hall–Kier alpha value is -0.790. The van der Waals surface area contributed by atoms with Gasteiger partial charge in [-0.2, -0.15) is 0 Å². The van der Waals surface area contributed by atoms with Crippen LogP contribution in [0.3, 0.4) is 0 Å². The minimum Gasteiger partial charge on any atom is -0.623 e. The van der Waals surface area contributed by atoms with Crippen LogP contribution in [0.15, 0.2) is 12.7 Å². The second-order valence-corrected chi connectivity index (χ2v) is 2.76. The van der Waals surface area contributed by atoms with Crippen LogP contribution in [0, 0.1) is 5.21 Å². The van der Waals surface area contributed by atoms with E-state index in [9.17, 15) is 5.21 Å². The summed E-state index contributed by atoms with van der Waals surface area (Å²) in [6, 6.07) is 0.0359. The van der Waals surface area contributed by atoms with Gasteiger partial charge in [-0.1, -0.05) is 6.58 Å². The molecule has 0 spiro atoms. The molecular formula is C8H13NO. The van der Waals surface area contributed by atoms with Gasteiger partial charge in [0, 0.05) is 19.8 Å². The molecule has 56 valence electrons. The lowest BCUT2D eigenvalue weighted by molar-refractivity contribution is -0.494. The Kier molecular flexibility index (Phi) is 2.10. The minimum absolute atomic E-state index is 0.0359. The van der Waals surface area contributed by atoms with Crippen LogP contribution < -0.4 is 0 Å². The summed E-state index contributed by atoms with van der Waals surface area (Å²) >= 11 is 0. The van der Waals surface area contributed by atoms with E-state index in [0.29, 0.717) is 0 Å². The SMILES string of the molecule is C=CC1CCCC(C)=[N+]1[O-]. The van der Waals surface area contributed by atoms with E-state index in [0.717, 1.165) is 29.7 Å². The maximum atomic E-state index is 11.2. The highest BCUT2D eigenvalue weighted by Crippen LogP contribution is 2.12. The molecule has 1 aliphatic heterocycles. The molecule has 2 heteroatoms. The van der Waals surface area contributed by atoms with Crippen LogP contribution in [0.4, 0.5) is 0 Å². The van der Waals surface area contributed by atoms with Gasteiger partial charge >= 0.3 is 0 Å². The minimum atomic E-state index is 0.0359. The third-order valence-electron chi connectivity index (χ3n) is 1.99. The zero-order valence-electron chi connectivity index (χ0n) is 6.34. The molecule has 0 radical (unpaired) electrons. The molecule has 0 saturated carbocycles. The first-order valence-corrected chi connectivity index (χ1v) is 3.67. The van der Waals surface area contributed by atoms with Crippen molar-refractivity contribution < 1.29 is 4.74 Å². The first kappa shape index (κ1) is 7.32. The zero-order valence-corrected chi connectivity index (χ0v) is 6.34. The van der Waals surface area contributed by atoms with Crippen LogP contribution in [-0.4, -0.2) is 16.5 Å². The number of hydrogen-bond donors (Lipinski definition) is 0.